The van der Waals surface area contributed by atoms with E-state index in [-0.39, 0.29) is 5.56 Å². The third-order valence-electron chi connectivity index (χ3n) is 2.94. The number of para-hydroxylation sites is 1. The number of benzene rings is 2. The highest BCUT2D eigenvalue weighted by atomic mass is 16.5. The molecule has 22 heavy (non-hydrogen) atoms. The van der Waals surface area contributed by atoms with Crippen molar-refractivity contribution in [3.05, 3.63) is 47.5 Å². The van der Waals surface area contributed by atoms with Gasteiger partial charge in [0.15, 0.2) is 17.2 Å². The molecule has 2 rings (SSSR count). The molecule has 0 aliphatic rings. The molecule has 2 aromatic carbocycles. The van der Waals surface area contributed by atoms with Gasteiger partial charge in [-0.1, -0.05) is 18.2 Å². The van der Waals surface area contributed by atoms with Crippen LogP contribution in [-0.2, 0) is 11.3 Å². The first kappa shape index (κ1) is 15.7. The summed E-state index contributed by atoms with van der Waals surface area (Å²) in [7, 11) is 0. The molecule has 3 N–H and O–H groups in total. The van der Waals surface area contributed by atoms with Gasteiger partial charge in [0.25, 0.3) is 0 Å². The monoisotopic (exact) mass is 304 g/mol. The first-order chi connectivity index (χ1) is 10.5. The first-order valence-electron chi connectivity index (χ1n) is 6.65. The number of phenols is 3. The van der Waals surface area contributed by atoms with Crippen molar-refractivity contribution in [2.45, 2.75) is 13.5 Å². The maximum Gasteiger partial charge on any atom is 0.343 e. The largest absolute Gasteiger partial charge is 0.504 e. The molecule has 0 aliphatic heterocycles. The molecule has 0 aromatic heterocycles. The Hall–Kier alpha value is -2.73. The van der Waals surface area contributed by atoms with E-state index in [1.54, 1.807) is 24.3 Å². The highest BCUT2D eigenvalue weighted by molar-refractivity contribution is 5.92. The van der Waals surface area contributed by atoms with Crippen LogP contribution in [0.4, 0.5) is 0 Å². The summed E-state index contributed by atoms with van der Waals surface area (Å²) >= 11 is 0. The van der Waals surface area contributed by atoms with Gasteiger partial charge in [-0.2, -0.15) is 0 Å². The van der Waals surface area contributed by atoms with E-state index in [9.17, 15) is 20.1 Å². The minimum Gasteiger partial charge on any atom is -0.504 e. The van der Waals surface area contributed by atoms with Crippen molar-refractivity contribution in [3.63, 3.8) is 0 Å². The van der Waals surface area contributed by atoms with Crippen molar-refractivity contribution in [2.75, 3.05) is 6.61 Å². The molecular formula is C16H16O6. The summed E-state index contributed by atoms with van der Waals surface area (Å²) in [6, 6.07) is 8.93. The van der Waals surface area contributed by atoms with E-state index in [4.69, 9.17) is 9.47 Å². The molecule has 0 aliphatic carbocycles. The lowest BCUT2D eigenvalue weighted by molar-refractivity contribution is 0.0724. The molecular weight excluding hydrogens is 288 g/mol. The van der Waals surface area contributed by atoms with E-state index >= 15 is 0 Å². The van der Waals surface area contributed by atoms with E-state index in [1.807, 2.05) is 6.92 Å². The SMILES string of the molecule is CCOCc1ccccc1OC(=O)c1cc(O)c(O)c(O)c1. The summed E-state index contributed by atoms with van der Waals surface area (Å²) in [5.41, 5.74) is 0.615. The predicted molar refractivity (Wildman–Crippen MR) is 78.2 cm³/mol. The van der Waals surface area contributed by atoms with Gasteiger partial charge >= 0.3 is 5.97 Å². The molecule has 6 nitrogen and oxygen atoms in total. The fourth-order valence-electron chi connectivity index (χ4n) is 1.82. The maximum atomic E-state index is 12.1. The number of aromatic hydroxyl groups is 3. The zero-order valence-electron chi connectivity index (χ0n) is 11.9. The zero-order chi connectivity index (χ0) is 16.1. The van der Waals surface area contributed by atoms with Crippen LogP contribution in [0.1, 0.15) is 22.8 Å². The Labute approximate surface area is 127 Å². The van der Waals surface area contributed by atoms with Gasteiger partial charge in [-0.15, -0.1) is 0 Å². The Morgan fingerprint density at radius 1 is 1.09 bits per heavy atom. The van der Waals surface area contributed by atoms with Crippen LogP contribution in [0.3, 0.4) is 0 Å². The second-order valence-electron chi connectivity index (χ2n) is 4.50. The molecule has 0 amide bonds. The summed E-state index contributed by atoms with van der Waals surface area (Å²) in [4.78, 5) is 12.1. The van der Waals surface area contributed by atoms with Crippen molar-refractivity contribution in [2.24, 2.45) is 0 Å². The maximum absolute atomic E-state index is 12.1. The van der Waals surface area contributed by atoms with Crippen LogP contribution >= 0.6 is 0 Å². The normalized spacial score (nSPS) is 10.4. The van der Waals surface area contributed by atoms with Gasteiger partial charge < -0.3 is 24.8 Å². The van der Waals surface area contributed by atoms with Gasteiger partial charge in [0.1, 0.15) is 5.75 Å². The average molecular weight is 304 g/mol. The van der Waals surface area contributed by atoms with Crippen LogP contribution in [0.15, 0.2) is 36.4 Å². The number of phenolic OH excluding ortho intramolecular Hbond substituents is 3. The third-order valence-corrected chi connectivity index (χ3v) is 2.94. The molecule has 0 saturated heterocycles. The van der Waals surface area contributed by atoms with Crippen molar-refractivity contribution >= 4 is 5.97 Å². The molecule has 116 valence electrons. The van der Waals surface area contributed by atoms with Gasteiger partial charge in [-0.3, -0.25) is 0 Å². The standard InChI is InChI=1S/C16H16O6/c1-2-21-9-10-5-3-4-6-14(10)22-16(20)11-7-12(17)15(19)13(18)8-11/h3-8,17-19H,2,9H2,1H3. The van der Waals surface area contributed by atoms with E-state index < -0.39 is 23.2 Å². The van der Waals surface area contributed by atoms with Crippen molar-refractivity contribution in [1.29, 1.82) is 0 Å². The van der Waals surface area contributed by atoms with Gasteiger partial charge in [0.2, 0.25) is 0 Å². The Morgan fingerprint density at radius 2 is 1.73 bits per heavy atom. The van der Waals surface area contributed by atoms with Gasteiger partial charge in [0.05, 0.1) is 12.2 Å². The third kappa shape index (κ3) is 3.48. The van der Waals surface area contributed by atoms with Crippen molar-refractivity contribution in [3.8, 4) is 23.0 Å². The second kappa shape index (κ2) is 6.82. The fraction of sp³-hybridized carbons (Fsp3) is 0.188. The Bertz CT molecular complexity index is 657. The second-order valence-corrected chi connectivity index (χ2v) is 4.50. The zero-order valence-corrected chi connectivity index (χ0v) is 11.9. The number of ether oxygens (including phenoxy) is 2. The summed E-state index contributed by atoms with van der Waals surface area (Å²) < 4.78 is 10.6. The summed E-state index contributed by atoms with van der Waals surface area (Å²) in [6.07, 6.45) is 0. The molecule has 0 radical (unpaired) electrons. The van der Waals surface area contributed by atoms with Crippen molar-refractivity contribution < 1.29 is 29.6 Å². The van der Waals surface area contributed by atoms with Crippen LogP contribution in [-0.4, -0.2) is 27.9 Å². The number of carbonyl (C=O) groups excluding carboxylic acids is 1. The van der Waals surface area contributed by atoms with Crippen molar-refractivity contribution in [1.82, 2.24) is 0 Å². The van der Waals surface area contributed by atoms with Crippen LogP contribution in [0.5, 0.6) is 23.0 Å². The van der Waals surface area contributed by atoms with Crippen LogP contribution < -0.4 is 4.74 Å². The topological polar surface area (TPSA) is 96.2 Å². The van der Waals surface area contributed by atoms with Gasteiger partial charge in [-0.25, -0.2) is 4.79 Å². The Balaban J connectivity index is 2.22. The highest BCUT2D eigenvalue weighted by Gasteiger charge is 2.16. The molecule has 0 unspecified atom stereocenters. The lowest BCUT2D eigenvalue weighted by Crippen LogP contribution is -2.10. The minimum absolute atomic E-state index is 0.0842. The number of hydrogen-bond donors (Lipinski definition) is 3. The van der Waals surface area contributed by atoms with Gasteiger partial charge in [0, 0.05) is 12.2 Å². The van der Waals surface area contributed by atoms with E-state index in [2.05, 4.69) is 0 Å². The minimum atomic E-state index is -0.769. The molecule has 0 heterocycles. The molecule has 6 heteroatoms. The molecule has 0 bridgehead atoms. The summed E-state index contributed by atoms with van der Waals surface area (Å²) in [5, 5.41) is 28.1. The van der Waals surface area contributed by atoms with E-state index in [0.29, 0.717) is 24.5 Å². The lowest BCUT2D eigenvalue weighted by Gasteiger charge is -2.10. The molecule has 0 saturated carbocycles. The quantitative estimate of drug-likeness (QED) is 0.446. The summed E-state index contributed by atoms with van der Waals surface area (Å²) in [5.74, 6) is -2.33. The van der Waals surface area contributed by atoms with Gasteiger partial charge in [-0.05, 0) is 25.1 Å². The molecule has 2 aromatic rings. The smallest absolute Gasteiger partial charge is 0.343 e. The number of carbonyl (C=O) groups is 1. The first-order valence-corrected chi connectivity index (χ1v) is 6.65. The van der Waals surface area contributed by atoms with Crippen LogP contribution in [0.25, 0.3) is 0 Å². The molecule has 0 spiro atoms. The Kier molecular flexibility index (Phi) is 4.85. The fourth-order valence-corrected chi connectivity index (χ4v) is 1.82. The van der Waals surface area contributed by atoms with E-state index in [0.717, 1.165) is 12.1 Å². The highest BCUT2D eigenvalue weighted by Crippen LogP contribution is 2.35. The summed E-state index contributed by atoms with van der Waals surface area (Å²) in [6.45, 7) is 2.69. The molecule has 0 atom stereocenters. The number of hydrogen-bond acceptors (Lipinski definition) is 6. The number of esters is 1. The predicted octanol–water partition coefficient (Wildman–Crippen LogP) is 2.56. The number of rotatable bonds is 5. The Morgan fingerprint density at radius 3 is 2.36 bits per heavy atom. The lowest BCUT2D eigenvalue weighted by atomic mass is 10.1. The van der Waals surface area contributed by atoms with Crippen LogP contribution in [0, 0.1) is 0 Å². The molecule has 0 fully saturated rings. The van der Waals surface area contributed by atoms with Crippen LogP contribution in [0.2, 0.25) is 0 Å². The average Bonchev–Trinajstić information content (AvgIpc) is 2.51. The van der Waals surface area contributed by atoms with E-state index in [1.165, 1.54) is 0 Å².